The molecular weight excluding hydrogens is 387 g/mol. The highest BCUT2D eigenvalue weighted by atomic mass is 35.5. The Morgan fingerprint density at radius 1 is 1.08 bits per heavy atom. The van der Waals surface area contributed by atoms with Gasteiger partial charge in [0, 0.05) is 13.1 Å². The third-order valence-electron chi connectivity index (χ3n) is 3.45. The number of nitrogens with zero attached hydrogens (tertiary/aromatic N) is 2. The molecule has 0 saturated carbocycles. The second-order valence-corrected chi connectivity index (χ2v) is 9.60. The lowest BCUT2D eigenvalue weighted by molar-refractivity contribution is 0.347. The third-order valence-corrected chi connectivity index (χ3v) is 7.40. The van der Waals surface area contributed by atoms with E-state index in [0.29, 0.717) is 20.8 Å². The van der Waals surface area contributed by atoms with Gasteiger partial charge >= 0.3 is 0 Å². The van der Waals surface area contributed by atoms with E-state index in [4.69, 9.17) is 23.2 Å². The van der Waals surface area contributed by atoms with Crippen molar-refractivity contribution in [3.05, 3.63) is 51.3 Å². The molecule has 8 heteroatoms. The van der Waals surface area contributed by atoms with Crippen molar-refractivity contribution in [2.45, 2.75) is 17.2 Å². The molecule has 0 unspecified atom stereocenters. The number of hydrogen-bond donors (Lipinski definition) is 0. The van der Waals surface area contributed by atoms with Crippen LogP contribution in [0.3, 0.4) is 0 Å². The van der Waals surface area contributed by atoms with Crippen molar-refractivity contribution in [2.75, 3.05) is 27.2 Å². The van der Waals surface area contributed by atoms with Gasteiger partial charge in [-0.2, -0.15) is 4.31 Å². The molecule has 1 aromatic heterocycles. The molecule has 0 bridgehead atoms. The van der Waals surface area contributed by atoms with Gasteiger partial charge in [0.2, 0.25) is 0 Å². The maximum absolute atomic E-state index is 12.9. The molecule has 0 radical (unpaired) electrons. The zero-order chi connectivity index (χ0) is 17.7. The number of rotatable bonds is 8. The molecule has 0 spiro atoms. The van der Waals surface area contributed by atoms with Crippen LogP contribution in [0.15, 0.2) is 39.9 Å². The lowest BCUT2D eigenvalue weighted by atomic mass is 10.2. The summed E-state index contributed by atoms with van der Waals surface area (Å²) in [6.45, 7) is 1.53. The minimum atomic E-state index is -3.52. The third kappa shape index (κ3) is 5.18. The standard InChI is InChI=1S/C16H20Cl2N2O2S2/c1-19(2)8-4-9-20(24(21,22)16-5-3-10-23-16)12-13-6-7-14(17)15(18)11-13/h3,5-7,10-11H,4,8-9,12H2,1-2H3. The SMILES string of the molecule is CN(C)CCCN(Cc1ccc(Cl)c(Cl)c1)S(=O)(=O)c1cccs1. The fourth-order valence-corrected chi connectivity index (χ4v) is 5.16. The van der Waals surface area contributed by atoms with Gasteiger partial charge in [-0.3, -0.25) is 0 Å². The fraction of sp³-hybridized carbons (Fsp3) is 0.375. The van der Waals surface area contributed by atoms with Crippen molar-refractivity contribution in [1.29, 1.82) is 0 Å². The van der Waals surface area contributed by atoms with E-state index in [1.54, 1.807) is 35.7 Å². The first-order chi connectivity index (χ1) is 11.3. The van der Waals surface area contributed by atoms with Crippen molar-refractivity contribution in [2.24, 2.45) is 0 Å². The first-order valence-electron chi connectivity index (χ1n) is 7.43. The molecule has 24 heavy (non-hydrogen) atoms. The Morgan fingerprint density at radius 2 is 1.83 bits per heavy atom. The molecular formula is C16H20Cl2N2O2S2. The number of thiophene rings is 1. The van der Waals surface area contributed by atoms with Crippen LogP contribution in [-0.2, 0) is 16.6 Å². The van der Waals surface area contributed by atoms with E-state index in [-0.39, 0.29) is 6.54 Å². The molecule has 0 N–H and O–H groups in total. The van der Waals surface area contributed by atoms with Gasteiger partial charge in [-0.15, -0.1) is 11.3 Å². The average molecular weight is 407 g/mol. The predicted molar refractivity (Wildman–Crippen MR) is 102 cm³/mol. The van der Waals surface area contributed by atoms with E-state index in [9.17, 15) is 8.42 Å². The highest BCUT2D eigenvalue weighted by molar-refractivity contribution is 7.91. The maximum Gasteiger partial charge on any atom is 0.252 e. The van der Waals surface area contributed by atoms with E-state index in [0.717, 1.165) is 18.5 Å². The van der Waals surface area contributed by atoms with Crippen LogP contribution in [-0.4, -0.2) is 44.8 Å². The molecule has 4 nitrogen and oxygen atoms in total. The van der Waals surface area contributed by atoms with E-state index >= 15 is 0 Å². The molecule has 2 aromatic rings. The van der Waals surface area contributed by atoms with Crippen molar-refractivity contribution in [1.82, 2.24) is 9.21 Å². The van der Waals surface area contributed by atoms with Gasteiger partial charge in [0.15, 0.2) is 0 Å². The zero-order valence-electron chi connectivity index (χ0n) is 13.6. The molecule has 0 amide bonds. The fourth-order valence-electron chi connectivity index (χ4n) is 2.23. The molecule has 1 aromatic carbocycles. The summed E-state index contributed by atoms with van der Waals surface area (Å²) in [6.07, 6.45) is 0.749. The summed E-state index contributed by atoms with van der Waals surface area (Å²) in [4.78, 5) is 2.04. The first kappa shape index (κ1) is 19.7. The summed E-state index contributed by atoms with van der Waals surface area (Å²) in [5.41, 5.74) is 0.814. The van der Waals surface area contributed by atoms with Gasteiger partial charge in [-0.1, -0.05) is 35.3 Å². The Hall–Kier alpha value is -0.630. The summed E-state index contributed by atoms with van der Waals surface area (Å²) in [5.74, 6) is 0. The minimum Gasteiger partial charge on any atom is -0.309 e. The molecule has 0 atom stereocenters. The lowest BCUT2D eigenvalue weighted by Gasteiger charge is -2.22. The molecule has 0 aliphatic carbocycles. The van der Waals surface area contributed by atoms with E-state index in [1.807, 2.05) is 19.0 Å². The van der Waals surface area contributed by atoms with Crippen LogP contribution in [0.5, 0.6) is 0 Å². The Kier molecular flexibility index (Phi) is 7.10. The zero-order valence-corrected chi connectivity index (χ0v) is 16.7. The smallest absolute Gasteiger partial charge is 0.252 e. The second kappa shape index (κ2) is 8.65. The van der Waals surface area contributed by atoms with Crippen LogP contribution in [0.2, 0.25) is 10.0 Å². The lowest BCUT2D eigenvalue weighted by Crippen LogP contribution is -2.32. The summed E-state index contributed by atoms with van der Waals surface area (Å²) in [6, 6.07) is 8.58. The van der Waals surface area contributed by atoms with Crippen molar-refractivity contribution in [3.63, 3.8) is 0 Å². The molecule has 2 rings (SSSR count). The van der Waals surface area contributed by atoms with Crippen LogP contribution < -0.4 is 0 Å². The average Bonchev–Trinajstić information content (AvgIpc) is 3.04. The monoisotopic (exact) mass is 406 g/mol. The first-order valence-corrected chi connectivity index (χ1v) is 10.5. The number of benzene rings is 1. The highest BCUT2D eigenvalue weighted by Gasteiger charge is 2.25. The van der Waals surface area contributed by atoms with Gasteiger partial charge in [0.1, 0.15) is 4.21 Å². The number of sulfonamides is 1. The van der Waals surface area contributed by atoms with Crippen molar-refractivity contribution >= 4 is 44.6 Å². The minimum absolute atomic E-state index is 0.268. The van der Waals surface area contributed by atoms with Crippen LogP contribution in [0.1, 0.15) is 12.0 Å². The Morgan fingerprint density at radius 3 is 2.42 bits per heavy atom. The van der Waals surface area contributed by atoms with Crippen molar-refractivity contribution in [3.8, 4) is 0 Å². The molecule has 1 heterocycles. The van der Waals surface area contributed by atoms with E-state index in [2.05, 4.69) is 0 Å². The van der Waals surface area contributed by atoms with Gasteiger partial charge in [-0.05, 0) is 56.2 Å². The number of hydrogen-bond acceptors (Lipinski definition) is 4. The Bertz CT molecular complexity index is 762. The predicted octanol–water partition coefficient (Wildman–Crippen LogP) is 4.20. The topological polar surface area (TPSA) is 40.6 Å². The number of halogens is 2. The van der Waals surface area contributed by atoms with Gasteiger partial charge in [0.25, 0.3) is 10.0 Å². The van der Waals surface area contributed by atoms with Gasteiger partial charge < -0.3 is 4.90 Å². The van der Waals surface area contributed by atoms with Gasteiger partial charge in [0.05, 0.1) is 10.0 Å². The maximum atomic E-state index is 12.9. The summed E-state index contributed by atoms with van der Waals surface area (Å²) in [7, 11) is 0.419. The Balaban J connectivity index is 2.23. The second-order valence-electron chi connectivity index (χ2n) is 5.68. The van der Waals surface area contributed by atoms with Crippen molar-refractivity contribution < 1.29 is 8.42 Å². The molecule has 132 valence electrons. The highest BCUT2D eigenvalue weighted by Crippen LogP contribution is 2.26. The van der Waals surface area contributed by atoms with E-state index < -0.39 is 10.0 Å². The normalized spacial score (nSPS) is 12.2. The van der Waals surface area contributed by atoms with Crippen LogP contribution in [0.4, 0.5) is 0 Å². The molecule has 0 aliphatic heterocycles. The van der Waals surface area contributed by atoms with Crippen LogP contribution in [0, 0.1) is 0 Å². The van der Waals surface area contributed by atoms with Crippen LogP contribution >= 0.6 is 34.5 Å². The molecule has 0 aliphatic rings. The quantitative estimate of drug-likeness (QED) is 0.659. The summed E-state index contributed by atoms with van der Waals surface area (Å²) in [5, 5.41) is 2.65. The molecule has 0 saturated heterocycles. The van der Waals surface area contributed by atoms with Crippen LogP contribution in [0.25, 0.3) is 0 Å². The summed E-state index contributed by atoms with van der Waals surface area (Å²) >= 11 is 13.2. The molecule has 0 fully saturated rings. The van der Waals surface area contributed by atoms with E-state index in [1.165, 1.54) is 15.6 Å². The summed E-state index contributed by atoms with van der Waals surface area (Å²) < 4.78 is 27.6. The van der Waals surface area contributed by atoms with Gasteiger partial charge in [-0.25, -0.2) is 8.42 Å². The largest absolute Gasteiger partial charge is 0.309 e. The Labute approximate surface area is 157 Å².